The quantitative estimate of drug-likeness (QED) is 0.512. The standard InChI is InChI=1S/C22H23N3O4S/c26-20(23-13-15-7-3-1-4-8-15)9-5-2-6-10-25-21(27)16-11-18-19(29-14-28-18)12-17(16)24-22(25)30/h1,3-4,7-8,11-12,16H,2,5-6,9-10,13-14H2,(H,23,26). The Hall–Kier alpha value is -3.00. The van der Waals surface area contributed by atoms with E-state index in [4.69, 9.17) is 21.7 Å². The molecule has 1 unspecified atom stereocenters. The minimum absolute atomic E-state index is 0.0351. The topological polar surface area (TPSA) is 80.2 Å². The van der Waals surface area contributed by atoms with Crippen LogP contribution in [0.2, 0.25) is 0 Å². The van der Waals surface area contributed by atoms with Crippen molar-refractivity contribution in [3.8, 4) is 0 Å². The van der Waals surface area contributed by atoms with E-state index in [0.717, 1.165) is 24.8 Å². The van der Waals surface area contributed by atoms with Crippen LogP contribution < -0.4 is 5.32 Å². The molecule has 0 aromatic heterocycles. The van der Waals surface area contributed by atoms with Crippen LogP contribution in [0.3, 0.4) is 0 Å². The molecule has 1 aromatic rings. The molecule has 0 bridgehead atoms. The maximum atomic E-state index is 12.9. The Morgan fingerprint density at radius 2 is 1.97 bits per heavy atom. The number of amides is 2. The van der Waals surface area contributed by atoms with Gasteiger partial charge in [0.2, 0.25) is 23.7 Å². The number of thiocarbonyl (C=S) groups is 1. The van der Waals surface area contributed by atoms with Gasteiger partial charge in [0.15, 0.2) is 11.5 Å². The highest BCUT2D eigenvalue weighted by atomic mass is 32.1. The zero-order chi connectivity index (χ0) is 20.9. The first-order chi connectivity index (χ1) is 14.6. The number of ether oxygens (including phenoxy) is 2. The number of nitrogens with one attached hydrogen (secondary N) is 1. The molecule has 1 fully saturated rings. The SMILES string of the molecule is O=C(CCCCCN1C(=O)C2C=C3OCOC3=CC2=NC1=S)NCc1ccccc1. The zero-order valence-electron chi connectivity index (χ0n) is 16.5. The lowest BCUT2D eigenvalue weighted by Gasteiger charge is -2.30. The highest BCUT2D eigenvalue weighted by Crippen LogP contribution is 2.31. The number of benzene rings is 1. The zero-order valence-corrected chi connectivity index (χ0v) is 17.3. The van der Waals surface area contributed by atoms with Crippen LogP contribution in [0, 0.1) is 5.92 Å². The molecule has 1 N–H and O–H groups in total. The number of aliphatic imine (C=N–C) groups is 1. The summed E-state index contributed by atoms with van der Waals surface area (Å²) in [6.45, 7) is 1.19. The molecule has 30 heavy (non-hydrogen) atoms. The van der Waals surface area contributed by atoms with Crippen LogP contribution in [-0.2, 0) is 25.6 Å². The van der Waals surface area contributed by atoms with Crippen molar-refractivity contribution < 1.29 is 19.1 Å². The Kier molecular flexibility index (Phi) is 6.23. The van der Waals surface area contributed by atoms with Gasteiger partial charge in [0.25, 0.3) is 0 Å². The van der Waals surface area contributed by atoms with Gasteiger partial charge in [-0.1, -0.05) is 36.8 Å². The van der Waals surface area contributed by atoms with Gasteiger partial charge in [-0.3, -0.25) is 14.5 Å². The number of unbranched alkanes of at least 4 members (excludes halogenated alkanes) is 2. The molecule has 2 heterocycles. The number of nitrogens with zero attached hydrogens (tertiary/aromatic N) is 2. The number of hydrogen-bond acceptors (Lipinski definition) is 5. The number of rotatable bonds is 8. The Morgan fingerprint density at radius 1 is 1.17 bits per heavy atom. The number of carbonyl (C=O) groups is 2. The van der Waals surface area contributed by atoms with Crippen LogP contribution in [0.15, 0.2) is 59.0 Å². The van der Waals surface area contributed by atoms with Crippen LogP contribution in [0.1, 0.15) is 31.2 Å². The fraction of sp³-hybridized carbons (Fsp3) is 0.364. The van der Waals surface area contributed by atoms with Gasteiger partial charge >= 0.3 is 0 Å². The maximum absolute atomic E-state index is 12.9. The van der Waals surface area contributed by atoms with Crippen molar-refractivity contribution in [3.05, 3.63) is 59.6 Å². The van der Waals surface area contributed by atoms with Crippen LogP contribution in [-0.4, -0.2) is 40.9 Å². The monoisotopic (exact) mass is 425 g/mol. The molecule has 0 radical (unpaired) electrons. The summed E-state index contributed by atoms with van der Waals surface area (Å²) in [5, 5.41) is 3.20. The lowest BCUT2D eigenvalue weighted by atomic mass is 9.93. The molecule has 0 saturated carbocycles. The first-order valence-electron chi connectivity index (χ1n) is 10.1. The van der Waals surface area contributed by atoms with Gasteiger partial charge < -0.3 is 14.8 Å². The summed E-state index contributed by atoms with van der Waals surface area (Å²) in [6.07, 6.45) is 6.28. The number of allylic oxidation sites excluding steroid dienone is 1. The van der Waals surface area contributed by atoms with Crippen molar-refractivity contribution in [2.24, 2.45) is 10.9 Å². The molecular formula is C22H23N3O4S. The third-order valence-electron chi connectivity index (χ3n) is 5.19. The van der Waals surface area contributed by atoms with Gasteiger partial charge in [-0.2, -0.15) is 0 Å². The van der Waals surface area contributed by atoms with Gasteiger partial charge in [0, 0.05) is 25.6 Å². The van der Waals surface area contributed by atoms with Crippen molar-refractivity contribution in [2.45, 2.75) is 32.2 Å². The molecule has 8 heteroatoms. The molecule has 156 valence electrons. The van der Waals surface area contributed by atoms with Crippen molar-refractivity contribution in [1.29, 1.82) is 0 Å². The van der Waals surface area contributed by atoms with Crippen molar-refractivity contribution >= 4 is 34.9 Å². The highest BCUT2D eigenvalue weighted by molar-refractivity contribution is 7.80. The van der Waals surface area contributed by atoms with Gasteiger partial charge in [0.05, 0.1) is 5.71 Å². The van der Waals surface area contributed by atoms with E-state index in [9.17, 15) is 9.59 Å². The number of carbonyl (C=O) groups excluding carboxylic acids is 2. The molecular weight excluding hydrogens is 402 g/mol. The summed E-state index contributed by atoms with van der Waals surface area (Å²) in [5.74, 6) is 0.638. The second kappa shape index (κ2) is 9.21. The van der Waals surface area contributed by atoms with E-state index in [1.807, 2.05) is 30.3 Å². The van der Waals surface area contributed by atoms with Gasteiger partial charge in [-0.05, 0) is 36.7 Å². The van der Waals surface area contributed by atoms with E-state index < -0.39 is 5.92 Å². The minimum Gasteiger partial charge on any atom is -0.454 e. The van der Waals surface area contributed by atoms with E-state index in [0.29, 0.717) is 36.7 Å². The van der Waals surface area contributed by atoms with Crippen molar-refractivity contribution in [2.75, 3.05) is 13.3 Å². The molecule has 1 aromatic carbocycles. The largest absolute Gasteiger partial charge is 0.454 e. The summed E-state index contributed by atoms with van der Waals surface area (Å²) in [6, 6.07) is 9.82. The average molecular weight is 426 g/mol. The lowest BCUT2D eigenvalue weighted by Crippen LogP contribution is -2.46. The normalized spacial score (nSPS) is 19.7. The molecule has 7 nitrogen and oxygen atoms in total. The van der Waals surface area contributed by atoms with Crippen LogP contribution >= 0.6 is 12.2 Å². The first kappa shape index (κ1) is 20.3. The summed E-state index contributed by atoms with van der Waals surface area (Å²) in [7, 11) is 0. The number of fused-ring (bicyclic) bond motifs is 2. The van der Waals surface area contributed by atoms with E-state index in [1.165, 1.54) is 0 Å². The second-order valence-electron chi connectivity index (χ2n) is 7.31. The van der Waals surface area contributed by atoms with Crippen LogP contribution in [0.5, 0.6) is 0 Å². The third-order valence-corrected chi connectivity index (χ3v) is 5.50. The van der Waals surface area contributed by atoms with E-state index >= 15 is 0 Å². The fourth-order valence-corrected chi connectivity index (χ4v) is 3.84. The molecule has 0 spiro atoms. The van der Waals surface area contributed by atoms with E-state index in [2.05, 4.69) is 10.3 Å². The molecule has 1 aliphatic carbocycles. The predicted molar refractivity (Wildman–Crippen MR) is 115 cm³/mol. The van der Waals surface area contributed by atoms with Gasteiger partial charge in [-0.15, -0.1) is 0 Å². The summed E-state index contributed by atoms with van der Waals surface area (Å²) in [5.41, 5.74) is 1.68. The molecule has 1 atom stereocenters. The lowest BCUT2D eigenvalue weighted by molar-refractivity contribution is -0.128. The molecule has 2 amide bonds. The predicted octanol–water partition coefficient (Wildman–Crippen LogP) is 2.83. The van der Waals surface area contributed by atoms with Crippen LogP contribution in [0.25, 0.3) is 0 Å². The smallest absolute Gasteiger partial charge is 0.241 e. The fourth-order valence-electron chi connectivity index (χ4n) is 3.56. The highest BCUT2D eigenvalue weighted by Gasteiger charge is 2.38. The summed E-state index contributed by atoms with van der Waals surface area (Å²) >= 11 is 5.32. The first-order valence-corrected chi connectivity index (χ1v) is 10.5. The Labute approximate surface area is 180 Å². The molecule has 3 aliphatic rings. The second-order valence-corrected chi connectivity index (χ2v) is 7.67. The van der Waals surface area contributed by atoms with E-state index in [1.54, 1.807) is 17.1 Å². The van der Waals surface area contributed by atoms with E-state index in [-0.39, 0.29) is 23.7 Å². The average Bonchev–Trinajstić information content (AvgIpc) is 3.21. The summed E-state index contributed by atoms with van der Waals surface area (Å²) < 4.78 is 10.7. The Bertz CT molecular complexity index is 939. The number of hydrogen-bond donors (Lipinski definition) is 1. The molecule has 4 rings (SSSR count). The van der Waals surface area contributed by atoms with Gasteiger partial charge in [0.1, 0.15) is 5.92 Å². The van der Waals surface area contributed by atoms with Crippen molar-refractivity contribution in [1.82, 2.24) is 10.2 Å². The molecule has 2 aliphatic heterocycles. The van der Waals surface area contributed by atoms with Gasteiger partial charge in [-0.25, -0.2) is 4.99 Å². The maximum Gasteiger partial charge on any atom is 0.241 e. The minimum atomic E-state index is -0.485. The third kappa shape index (κ3) is 4.59. The van der Waals surface area contributed by atoms with Crippen LogP contribution in [0.4, 0.5) is 0 Å². The summed E-state index contributed by atoms with van der Waals surface area (Å²) in [4.78, 5) is 30.8. The Morgan fingerprint density at radius 3 is 2.80 bits per heavy atom. The molecule has 1 saturated heterocycles. The Balaban J connectivity index is 1.20. The van der Waals surface area contributed by atoms with Crippen molar-refractivity contribution in [3.63, 3.8) is 0 Å².